The van der Waals surface area contributed by atoms with Gasteiger partial charge in [-0.15, -0.1) is 0 Å². The minimum absolute atomic E-state index is 0.00339. The third kappa shape index (κ3) is 3.35. The van der Waals surface area contributed by atoms with Gasteiger partial charge in [0.2, 0.25) is 10.0 Å². The Hall–Kier alpha value is -1.02. The smallest absolute Gasteiger partial charge is 0.217 e. The Bertz CT molecular complexity index is 662. The van der Waals surface area contributed by atoms with E-state index >= 15 is 0 Å². The average Bonchev–Trinajstić information content (AvgIpc) is 3.36. The van der Waals surface area contributed by atoms with Gasteiger partial charge >= 0.3 is 0 Å². The normalized spacial score (nSPS) is 31.1. The summed E-state index contributed by atoms with van der Waals surface area (Å²) in [5.41, 5.74) is 1.06. The minimum Gasteiger partial charge on any atom is -0.376 e. The zero-order valence-electron chi connectivity index (χ0n) is 13.7. The van der Waals surface area contributed by atoms with Crippen LogP contribution in [0.4, 0.5) is 0 Å². The van der Waals surface area contributed by atoms with Crippen LogP contribution in [0.3, 0.4) is 0 Å². The number of pyridine rings is 1. The van der Waals surface area contributed by atoms with Crippen LogP contribution < -0.4 is 0 Å². The maximum Gasteiger partial charge on any atom is 0.217 e. The Morgan fingerprint density at radius 1 is 1.33 bits per heavy atom. The van der Waals surface area contributed by atoms with E-state index in [1.807, 2.05) is 18.3 Å². The van der Waals surface area contributed by atoms with Crippen molar-refractivity contribution in [1.29, 1.82) is 0 Å². The highest BCUT2D eigenvalue weighted by molar-refractivity contribution is 7.90. The van der Waals surface area contributed by atoms with Crippen molar-refractivity contribution in [2.45, 2.75) is 49.7 Å². The van der Waals surface area contributed by atoms with Crippen LogP contribution in [-0.4, -0.2) is 54.9 Å². The van der Waals surface area contributed by atoms with Crippen molar-refractivity contribution in [3.63, 3.8) is 0 Å². The molecular weight excluding hydrogens is 328 g/mol. The van der Waals surface area contributed by atoms with Gasteiger partial charge in [-0.2, -0.15) is 4.31 Å². The van der Waals surface area contributed by atoms with E-state index in [4.69, 9.17) is 9.47 Å². The molecule has 3 fully saturated rings. The quantitative estimate of drug-likeness (QED) is 0.777. The van der Waals surface area contributed by atoms with E-state index < -0.39 is 10.0 Å². The summed E-state index contributed by atoms with van der Waals surface area (Å²) in [4.78, 5) is 4.08. The molecule has 132 valence electrons. The van der Waals surface area contributed by atoms with Gasteiger partial charge in [0.25, 0.3) is 0 Å². The van der Waals surface area contributed by atoms with E-state index in [2.05, 4.69) is 4.98 Å². The van der Waals surface area contributed by atoms with E-state index in [9.17, 15) is 8.42 Å². The van der Waals surface area contributed by atoms with Crippen molar-refractivity contribution in [2.75, 3.05) is 19.8 Å². The topological polar surface area (TPSA) is 68.7 Å². The highest BCUT2D eigenvalue weighted by atomic mass is 32.2. The van der Waals surface area contributed by atoms with E-state index in [1.54, 1.807) is 10.5 Å². The number of ether oxygens (including phenoxy) is 2. The maximum atomic E-state index is 12.6. The molecule has 0 spiro atoms. The molecule has 1 unspecified atom stereocenters. The maximum absolute atomic E-state index is 12.6. The summed E-state index contributed by atoms with van der Waals surface area (Å²) < 4.78 is 38.7. The summed E-state index contributed by atoms with van der Waals surface area (Å²) in [5, 5.41) is -0.142. The van der Waals surface area contributed by atoms with Crippen LogP contribution in [0.25, 0.3) is 0 Å². The molecule has 1 aromatic heterocycles. The first kappa shape index (κ1) is 16.4. The Kier molecular flexibility index (Phi) is 4.60. The SMILES string of the molecule is O=S(=O)(C1CC1)N1CCO[C@@H]2CC(COCc3cccnc3)C[C@H]21. The second-order valence-corrected chi connectivity index (χ2v) is 9.21. The number of aromatic nitrogens is 1. The van der Waals surface area contributed by atoms with Gasteiger partial charge in [0.1, 0.15) is 0 Å². The molecule has 0 aromatic carbocycles. The molecule has 0 radical (unpaired) electrons. The standard InChI is InChI=1S/C17H24N2O4S/c20-24(21,15-3-4-15)19-6-7-23-17-9-14(8-16(17)19)12-22-11-13-2-1-5-18-10-13/h1-2,5,10,14-17H,3-4,6-9,11-12H2/t14?,16-,17-/m1/s1. The summed E-state index contributed by atoms with van der Waals surface area (Å²) in [6, 6.07) is 3.89. The first-order valence-corrected chi connectivity index (χ1v) is 10.2. The van der Waals surface area contributed by atoms with Gasteiger partial charge in [0, 0.05) is 25.5 Å². The van der Waals surface area contributed by atoms with Gasteiger partial charge in [0.15, 0.2) is 0 Å². The minimum atomic E-state index is -3.13. The molecule has 1 saturated heterocycles. The van der Waals surface area contributed by atoms with Crippen LogP contribution in [0.15, 0.2) is 24.5 Å². The van der Waals surface area contributed by atoms with Crippen molar-refractivity contribution < 1.29 is 17.9 Å². The predicted octanol–water partition coefficient (Wildman–Crippen LogP) is 1.57. The lowest BCUT2D eigenvalue weighted by Gasteiger charge is -2.36. The summed E-state index contributed by atoms with van der Waals surface area (Å²) in [6.07, 6.45) is 6.93. The fourth-order valence-corrected chi connectivity index (χ4v) is 5.90. The molecule has 0 bridgehead atoms. The van der Waals surface area contributed by atoms with Gasteiger partial charge in [-0.1, -0.05) is 6.07 Å². The Balaban J connectivity index is 1.34. The number of nitrogens with zero attached hydrogens (tertiary/aromatic N) is 2. The lowest BCUT2D eigenvalue weighted by molar-refractivity contribution is -0.0253. The summed E-state index contributed by atoms with van der Waals surface area (Å²) in [5.74, 6) is 0.353. The average molecular weight is 352 g/mol. The molecule has 3 aliphatic rings. The molecule has 1 aromatic rings. The first-order chi connectivity index (χ1) is 11.6. The third-order valence-corrected chi connectivity index (χ3v) is 7.62. The fraction of sp³-hybridized carbons (Fsp3) is 0.706. The van der Waals surface area contributed by atoms with Crippen molar-refractivity contribution >= 4 is 10.0 Å². The Labute approximate surface area is 143 Å². The second-order valence-electron chi connectivity index (χ2n) is 7.05. The molecular formula is C17H24N2O4S. The number of sulfonamides is 1. The lowest BCUT2D eigenvalue weighted by atomic mass is 10.1. The van der Waals surface area contributed by atoms with Crippen LogP contribution >= 0.6 is 0 Å². The second kappa shape index (κ2) is 6.71. The molecule has 2 saturated carbocycles. The first-order valence-electron chi connectivity index (χ1n) is 8.73. The number of morpholine rings is 1. The summed E-state index contributed by atoms with van der Waals surface area (Å²) in [7, 11) is -3.13. The Morgan fingerprint density at radius 2 is 2.21 bits per heavy atom. The number of fused-ring (bicyclic) bond motifs is 1. The summed E-state index contributed by atoms with van der Waals surface area (Å²) >= 11 is 0. The molecule has 1 aliphatic heterocycles. The predicted molar refractivity (Wildman–Crippen MR) is 88.8 cm³/mol. The largest absolute Gasteiger partial charge is 0.376 e. The van der Waals surface area contributed by atoms with E-state index in [1.165, 1.54) is 0 Å². The molecule has 2 heterocycles. The van der Waals surface area contributed by atoms with Crippen molar-refractivity contribution in [2.24, 2.45) is 5.92 Å². The van der Waals surface area contributed by atoms with Crippen LogP contribution in [0, 0.1) is 5.92 Å². The summed E-state index contributed by atoms with van der Waals surface area (Å²) in [6.45, 7) is 2.20. The van der Waals surface area contributed by atoms with Gasteiger partial charge in [0.05, 0.1) is 30.6 Å². The fourth-order valence-electron chi connectivity index (χ4n) is 3.85. The molecule has 24 heavy (non-hydrogen) atoms. The number of hydrogen-bond acceptors (Lipinski definition) is 5. The molecule has 3 atom stereocenters. The third-order valence-electron chi connectivity index (χ3n) is 5.20. The zero-order valence-corrected chi connectivity index (χ0v) is 14.5. The molecule has 0 amide bonds. The zero-order chi connectivity index (χ0) is 16.6. The lowest BCUT2D eigenvalue weighted by Crippen LogP contribution is -2.52. The number of rotatable bonds is 6. The van der Waals surface area contributed by atoms with Crippen molar-refractivity contribution in [3.05, 3.63) is 30.1 Å². The molecule has 6 nitrogen and oxygen atoms in total. The van der Waals surface area contributed by atoms with Crippen LogP contribution in [0.1, 0.15) is 31.2 Å². The molecule has 2 aliphatic carbocycles. The number of hydrogen-bond donors (Lipinski definition) is 0. The van der Waals surface area contributed by atoms with Gasteiger partial charge < -0.3 is 9.47 Å². The van der Waals surface area contributed by atoms with Crippen LogP contribution in [0.5, 0.6) is 0 Å². The van der Waals surface area contributed by atoms with Crippen LogP contribution in [-0.2, 0) is 26.1 Å². The monoisotopic (exact) mass is 352 g/mol. The van der Waals surface area contributed by atoms with Crippen molar-refractivity contribution in [3.8, 4) is 0 Å². The van der Waals surface area contributed by atoms with E-state index in [0.29, 0.717) is 32.3 Å². The van der Waals surface area contributed by atoms with E-state index in [-0.39, 0.29) is 17.4 Å². The van der Waals surface area contributed by atoms with E-state index in [0.717, 1.165) is 31.2 Å². The van der Waals surface area contributed by atoms with Crippen LogP contribution in [0.2, 0.25) is 0 Å². The molecule has 7 heteroatoms. The molecule has 4 rings (SSSR count). The van der Waals surface area contributed by atoms with Gasteiger partial charge in [-0.3, -0.25) is 4.98 Å². The molecule has 0 N–H and O–H groups in total. The van der Waals surface area contributed by atoms with Gasteiger partial charge in [-0.05, 0) is 43.2 Å². The van der Waals surface area contributed by atoms with Gasteiger partial charge in [-0.25, -0.2) is 8.42 Å². The van der Waals surface area contributed by atoms with Crippen molar-refractivity contribution in [1.82, 2.24) is 9.29 Å². The highest BCUT2D eigenvalue weighted by Crippen LogP contribution is 2.40. The highest BCUT2D eigenvalue weighted by Gasteiger charge is 2.49. The Morgan fingerprint density at radius 3 is 2.96 bits per heavy atom.